The van der Waals surface area contributed by atoms with E-state index in [0.717, 1.165) is 22.3 Å². The lowest BCUT2D eigenvalue weighted by atomic mass is 9.86. The average molecular weight is 480 g/mol. The highest BCUT2D eigenvalue weighted by atomic mass is 35.5. The molecule has 1 N–H and O–H groups in total. The van der Waals surface area contributed by atoms with Gasteiger partial charge < -0.3 is 14.8 Å². The van der Waals surface area contributed by atoms with Crippen molar-refractivity contribution in [1.29, 1.82) is 0 Å². The van der Waals surface area contributed by atoms with Crippen molar-refractivity contribution in [3.8, 4) is 0 Å². The van der Waals surface area contributed by atoms with Crippen LogP contribution < -0.4 is 5.32 Å². The van der Waals surface area contributed by atoms with Crippen LogP contribution in [0.1, 0.15) is 62.8 Å². The van der Waals surface area contributed by atoms with Crippen molar-refractivity contribution in [3.05, 3.63) is 68.7 Å². The summed E-state index contributed by atoms with van der Waals surface area (Å²) in [5, 5.41) is 3.86. The molecule has 0 radical (unpaired) electrons. The van der Waals surface area contributed by atoms with Gasteiger partial charge in [-0.15, -0.1) is 0 Å². The molecule has 0 spiro atoms. The third kappa shape index (κ3) is 7.14. The Bertz CT molecular complexity index is 933. The topological polar surface area (TPSA) is 64.6 Å². The maximum Gasteiger partial charge on any atom is 0.408 e. The molecule has 0 heterocycles. The van der Waals surface area contributed by atoms with Gasteiger partial charge in [-0.25, -0.2) is 9.59 Å². The van der Waals surface area contributed by atoms with Crippen molar-refractivity contribution in [3.63, 3.8) is 0 Å². The van der Waals surface area contributed by atoms with E-state index in [1.165, 1.54) is 0 Å². The predicted molar refractivity (Wildman–Crippen MR) is 129 cm³/mol. The van der Waals surface area contributed by atoms with Crippen LogP contribution in [0.3, 0.4) is 0 Å². The fourth-order valence-corrected chi connectivity index (χ4v) is 3.59. The van der Waals surface area contributed by atoms with Gasteiger partial charge >= 0.3 is 12.1 Å². The van der Waals surface area contributed by atoms with Gasteiger partial charge in [-0.1, -0.05) is 47.5 Å². The van der Waals surface area contributed by atoms with Crippen molar-refractivity contribution in [2.75, 3.05) is 0 Å². The number of rotatable bonds is 6. The van der Waals surface area contributed by atoms with Gasteiger partial charge in [0.25, 0.3) is 0 Å². The third-order valence-corrected chi connectivity index (χ3v) is 5.79. The van der Waals surface area contributed by atoms with Gasteiger partial charge in [0.2, 0.25) is 0 Å². The molecule has 5 nitrogen and oxygen atoms in total. The molecule has 174 valence electrons. The smallest absolute Gasteiger partial charge is 0.408 e. The molecule has 2 atom stereocenters. The molecule has 2 aromatic rings. The first kappa shape index (κ1) is 26.0. The summed E-state index contributed by atoms with van der Waals surface area (Å²) in [6.45, 7) is 12.5. The Balaban J connectivity index is 2.27. The molecule has 0 aliphatic carbocycles. The lowest BCUT2D eigenvalue weighted by Gasteiger charge is -2.27. The minimum Gasteiger partial charge on any atom is -0.460 e. The summed E-state index contributed by atoms with van der Waals surface area (Å²) in [6, 6.07) is 10.6. The Labute approximate surface area is 200 Å². The van der Waals surface area contributed by atoms with Gasteiger partial charge in [0.05, 0.1) is 0 Å². The normalized spacial score (nSPS) is 13.4. The van der Waals surface area contributed by atoms with Crippen LogP contribution in [0, 0.1) is 13.8 Å². The molecule has 0 fully saturated rings. The van der Waals surface area contributed by atoms with Gasteiger partial charge in [0.15, 0.2) is 0 Å². The molecule has 7 heteroatoms. The highest BCUT2D eigenvalue weighted by Gasteiger charge is 2.29. The molecule has 0 unspecified atom stereocenters. The van der Waals surface area contributed by atoms with E-state index in [9.17, 15) is 9.59 Å². The maximum atomic E-state index is 12.7. The first-order chi connectivity index (χ1) is 14.8. The Hall–Kier alpha value is -2.24. The monoisotopic (exact) mass is 479 g/mol. The summed E-state index contributed by atoms with van der Waals surface area (Å²) in [6.07, 6.45) is -1.20. The zero-order valence-corrected chi connectivity index (χ0v) is 21.1. The molecular formula is C25H31Cl2NO4. The van der Waals surface area contributed by atoms with Crippen molar-refractivity contribution in [2.45, 2.75) is 72.1 Å². The first-order valence-electron chi connectivity index (χ1n) is 10.5. The van der Waals surface area contributed by atoms with Crippen molar-refractivity contribution >= 4 is 35.3 Å². The van der Waals surface area contributed by atoms with E-state index < -0.39 is 29.8 Å². The fourth-order valence-electron chi connectivity index (χ4n) is 3.35. The van der Waals surface area contributed by atoms with Crippen LogP contribution in [-0.4, -0.2) is 29.8 Å². The van der Waals surface area contributed by atoms with Crippen molar-refractivity contribution < 1.29 is 19.1 Å². The van der Waals surface area contributed by atoms with Crippen LogP contribution in [0.15, 0.2) is 36.4 Å². The second-order valence-electron chi connectivity index (χ2n) is 9.00. The van der Waals surface area contributed by atoms with Crippen molar-refractivity contribution in [2.24, 2.45) is 0 Å². The number of hydrogen-bond acceptors (Lipinski definition) is 4. The second-order valence-corrected chi connectivity index (χ2v) is 9.82. The van der Waals surface area contributed by atoms with Crippen LogP contribution in [0.25, 0.3) is 0 Å². The highest BCUT2D eigenvalue weighted by Crippen LogP contribution is 2.34. The summed E-state index contributed by atoms with van der Waals surface area (Å²) in [7, 11) is 0. The van der Waals surface area contributed by atoms with Gasteiger partial charge in [-0.2, -0.15) is 0 Å². The largest absolute Gasteiger partial charge is 0.460 e. The zero-order valence-electron chi connectivity index (χ0n) is 19.6. The summed E-state index contributed by atoms with van der Waals surface area (Å²) >= 11 is 12.4. The Morgan fingerprint density at radius 2 is 1.38 bits per heavy atom. The molecule has 0 saturated carbocycles. The van der Waals surface area contributed by atoms with E-state index >= 15 is 0 Å². The summed E-state index contributed by atoms with van der Waals surface area (Å²) < 4.78 is 11.0. The number of amides is 1. The molecule has 1 amide bonds. The summed E-state index contributed by atoms with van der Waals surface area (Å²) in [5.74, 6) is -0.802. The number of alkyl carbamates (subject to hydrolysis) is 1. The Morgan fingerprint density at radius 3 is 1.78 bits per heavy atom. The van der Waals surface area contributed by atoms with Gasteiger partial charge in [-0.05, 0) is 82.9 Å². The van der Waals surface area contributed by atoms with Crippen molar-refractivity contribution in [1.82, 2.24) is 5.32 Å². The summed E-state index contributed by atoms with van der Waals surface area (Å²) in [4.78, 5) is 24.7. The summed E-state index contributed by atoms with van der Waals surface area (Å²) in [5.41, 5.74) is 3.12. The maximum absolute atomic E-state index is 12.7. The molecule has 0 bridgehead atoms. The minimum absolute atomic E-state index is 0.250. The van der Waals surface area contributed by atoms with Crippen LogP contribution in [0.5, 0.6) is 0 Å². The number of carbonyl (C=O) groups excluding carboxylic acids is 2. The number of nitrogens with one attached hydrogen (secondary N) is 1. The lowest BCUT2D eigenvalue weighted by molar-refractivity contribution is -0.150. The first-order valence-corrected chi connectivity index (χ1v) is 11.3. The molecule has 0 aliphatic rings. The average Bonchev–Trinajstić information content (AvgIpc) is 2.66. The number of hydrogen-bond donors (Lipinski definition) is 1. The molecule has 0 aliphatic heterocycles. The molecule has 32 heavy (non-hydrogen) atoms. The highest BCUT2D eigenvalue weighted by molar-refractivity contribution is 6.31. The minimum atomic E-state index is -0.869. The van der Waals surface area contributed by atoms with Gasteiger partial charge in [-0.3, -0.25) is 0 Å². The Morgan fingerprint density at radius 1 is 0.906 bits per heavy atom. The van der Waals surface area contributed by atoms with E-state index in [1.807, 2.05) is 57.2 Å². The van der Waals surface area contributed by atoms with E-state index in [0.29, 0.717) is 10.0 Å². The van der Waals surface area contributed by atoms with E-state index in [1.54, 1.807) is 27.7 Å². The van der Waals surface area contributed by atoms with E-state index in [2.05, 4.69) is 5.32 Å². The Kier molecular flexibility index (Phi) is 8.60. The van der Waals surface area contributed by atoms with Crippen LogP contribution in [0.2, 0.25) is 10.0 Å². The van der Waals surface area contributed by atoms with Crippen LogP contribution in [-0.2, 0) is 14.3 Å². The van der Waals surface area contributed by atoms with Crippen LogP contribution in [0.4, 0.5) is 4.79 Å². The third-order valence-electron chi connectivity index (χ3n) is 4.94. The lowest BCUT2D eigenvalue weighted by Crippen LogP contribution is -2.43. The second kappa shape index (κ2) is 10.6. The fraction of sp³-hybridized carbons (Fsp3) is 0.440. The predicted octanol–water partition coefficient (Wildman–Crippen LogP) is 6.59. The molecule has 0 aromatic heterocycles. The number of ether oxygens (including phenoxy) is 2. The van der Waals surface area contributed by atoms with Crippen LogP contribution >= 0.6 is 23.2 Å². The number of halogens is 2. The zero-order chi connectivity index (χ0) is 24.2. The number of benzene rings is 2. The SMILES string of the molecule is Cc1cc(C(c2ccc(Cl)c(C)c2)[C@H](C)OC(=O)[C@H](C)NC(=O)OC(C)(C)C)ccc1Cl. The molecular weight excluding hydrogens is 449 g/mol. The van der Waals surface area contributed by atoms with Gasteiger partial charge in [0, 0.05) is 16.0 Å². The number of esters is 1. The number of aryl methyl sites for hydroxylation is 2. The molecule has 0 saturated heterocycles. The standard InChI is InChI=1S/C25H31Cl2NO4/c1-14-12-18(8-10-20(14)26)22(19-9-11-21(27)15(2)13-19)17(4)31-23(29)16(3)28-24(30)32-25(5,6)7/h8-13,16-17,22H,1-7H3,(H,28,30)/t16-,17-/m0/s1. The van der Waals surface area contributed by atoms with E-state index in [4.69, 9.17) is 32.7 Å². The number of carbonyl (C=O) groups is 2. The van der Waals surface area contributed by atoms with Gasteiger partial charge in [0.1, 0.15) is 17.7 Å². The molecule has 2 rings (SSSR count). The van der Waals surface area contributed by atoms with E-state index in [-0.39, 0.29) is 5.92 Å². The quantitative estimate of drug-likeness (QED) is 0.474. The molecule has 2 aromatic carbocycles.